The van der Waals surface area contributed by atoms with E-state index in [1.807, 2.05) is 25.7 Å². The van der Waals surface area contributed by atoms with Gasteiger partial charge in [0, 0.05) is 58.2 Å². The van der Waals surface area contributed by atoms with E-state index in [0.29, 0.717) is 39.0 Å². The summed E-state index contributed by atoms with van der Waals surface area (Å²) in [6, 6.07) is 0.0833. The van der Waals surface area contributed by atoms with E-state index in [4.69, 9.17) is 4.74 Å². The number of hydrogen-bond acceptors (Lipinski definition) is 4. The number of carbonyl (C=O) groups excluding carboxylic acids is 1. The Kier molecular flexibility index (Phi) is 6.75. The molecule has 0 aromatic carbocycles. The maximum atomic E-state index is 12.0. The van der Waals surface area contributed by atoms with Crippen LogP contribution in [0.5, 0.6) is 0 Å². The lowest BCUT2D eigenvalue weighted by Gasteiger charge is -2.33. The molecule has 0 radical (unpaired) electrons. The average Bonchev–Trinajstić information content (AvgIpc) is 2.39. The van der Waals surface area contributed by atoms with Gasteiger partial charge in [-0.15, -0.1) is 0 Å². The number of ether oxygens (including phenoxy) is 1. The van der Waals surface area contributed by atoms with Crippen LogP contribution >= 0.6 is 0 Å². The summed E-state index contributed by atoms with van der Waals surface area (Å²) in [6.07, 6.45) is 1.81. The monoisotopic (exact) mass is 272 g/mol. The SMILES string of the molecule is CCN(CC)C(=O)CC(C)NCC1(O)CCOCC1. The van der Waals surface area contributed by atoms with Gasteiger partial charge in [0.25, 0.3) is 0 Å². The van der Waals surface area contributed by atoms with Crippen LogP contribution in [0, 0.1) is 0 Å². The smallest absolute Gasteiger partial charge is 0.224 e. The molecule has 1 heterocycles. The second kappa shape index (κ2) is 7.82. The zero-order valence-corrected chi connectivity index (χ0v) is 12.4. The van der Waals surface area contributed by atoms with Gasteiger partial charge in [0.1, 0.15) is 0 Å². The van der Waals surface area contributed by atoms with E-state index >= 15 is 0 Å². The highest BCUT2D eigenvalue weighted by Crippen LogP contribution is 2.19. The minimum atomic E-state index is -0.676. The Labute approximate surface area is 116 Å². The van der Waals surface area contributed by atoms with Gasteiger partial charge in [-0.1, -0.05) is 0 Å². The number of nitrogens with zero attached hydrogens (tertiary/aromatic N) is 1. The summed E-state index contributed by atoms with van der Waals surface area (Å²) in [7, 11) is 0. The molecule has 1 amide bonds. The third-order valence-electron chi connectivity index (χ3n) is 3.80. The maximum Gasteiger partial charge on any atom is 0.224 e. The molecule has 1 fully saturated rings. The van der Waals surface area contributed by atoms with Crippen LogP contribution in [0.3, 0.4) is 0 Å². The molecule has 0 aliphatic carbocycles. The molecule has 5 heteroatoms. The van der Waals surface area contributed by atoms with Crippen molar-refractivity contribution >= 4 is 5.91 Å². The Hall–Kier alpha value is -0.650. The second-order valence-corrected chi connectivity index (χ2v) is 5.39. The van der Waals surface area contributed by atoms with Crippen LogP contribution in [0.4, 0.5) is 0 Å². The number of aliphatic hydroxyl groups is 1. The van der Waals surface area contributed by atoms with Crippen molar-refractivity contribution in [3.63, 3.8) is 0 Å². The van der Waals surface area contributed by atoms with Crippen LogP contribution in [0.1, 0.15) is 40.0 Å². The third kappa shape index (κ3) is 5.47. The van der Waals surface area contributed by atoms with Crippen molar-refractivity contribution in [2.75, 3.05) is 32.8 Å². The molecule has 1 saturated heterocycles. The van der Waals surface area contributed by atoms with E-state index in [1.165, 1.54) is 0 Å². The zero-order valence-electron chi connectivity index (χ0n) is 12.4. The lowest BCUT2D eigenvalue weighted by Crippen LogP contribution is -2.48. The predicted molar refractivity (Wildman–Crippen MR) is 75.0 cm³/mol. The largest absolute Gasteiger partial charge is 0.388 e. The number of nitrogens with one attached hydrogen (secondary N) is 1. The number of hydrogen-bond donors (Lipinski definition) is 2. The Morgan fingerprint density at radius 3 is 2.47 bits per heavy atom. The van der Waals surface area contributed by atoms with Crippen molar-refractivity contribution in [3.05, 3.63) is 0 Å². The second-order valence-electron chi connectivity index (χ2n) is 5.39. The summed E-state index contributed by atoms with van der Waals surface area (Å²) in [5.41, 5.74) is -0.676. The average molecular weight is 272 g/mol. The molecule has 1 aliphatic heterocycles. The molecule has 1 rings (SSSR count). The van der Waals surface area contributed by atoms with Crippen LogP contribution in [0.25, 0.3) is 0 Å². The van der Waals surface area contributed by atoms with Crippen molar-refractivity contribution in [1.82, 2.24) is 10.2 Å². The minimum absolute atomic E-state index is 0.0833. The summed E-state index contributed by atoms with van der Waals surface area (Å²) in [4.78, 5) is 13.8. The minimum Gasteiger partial charge on any atom is -0.388 e. The van der Waals surface area contributed by atoms with Crippen molar-refractivity contribution in [2.45, 2.75) is 51.7 Å². The van der Waals surface area contributed by atoms with E-state index in [-0.39, 0.29) is 11.9 Å². The van der Waals surface area contributed by atoms with Gasteiger partial charge >= 0.3 is 0 Å². The Balaban J connectivity index is 2.30. The first-order valence-corrected chi connectivity index (χ1v) is 7.32. The molecular weight excluding hydrogens is 244 g/mol. The quantitative estimate of drug-likeness (QED) is 0.718. The van der Waals surface area contributed by atoms with Crippen molar-refractivity contribution < 1.29 is 14.6 Å². The molecule has 112 valence electrons. The van der Waals surface area contributed by atoms with E-state index in [0.717, 1.165) is 13.1 Å². The van der Waals surface area contributed by atoms with Crippen molar-refractivity contribution in [1.29, 1.82) is 0 Å². The summed E-state index contributed by atoms with van der Waals surface area (Å²) in [5, 5.41) is 13.6. The van der Waals surface area contributed by atoms with Gasteiger partial charge in [-0.05, 0) is 20.8 Å². The zero-order chi connectivity index (χ0) is 14.3. The molecule has 0 saturated carbocycles. The topological polar surface area (TPSA) is 61.8 Å². The molecule has 0 bridgehead atoms. The first-order valence-electron chi connectivity index (χ1n) is 7.32. The van der Waals surface area contributed by atoms with Gasteiger partial charge in [-0.2, -0.15) is 0 Å². The van der Waals surface area contributed by atoms with Gasteiger partial charge < -0.3 is 20.1 Å². The molecule has 0 aromatic rings. The van der Waals surface area contributed by atoms with Gasteiger partial charge in [-0.25, -0.2) is 0 Å². The highest BCUT2D eigenvalue weighted by atomic mass is 16.5. The highest BCUT2D eigenvalue weighted by molar-refractivity contribution is 5.76. The molecule has 0 spiro atoms. The van der Waals surface area contributed by atoms with Gasteiger partial charge in [-0.3, -0.25) is 4.79 Å². The van der Waals surface area contributed by atoms with E-state index in [9.17, 15) is 9.90 Å². The number of rotatable bonds is 7. The predicted octanol–water partition coefficient (Wildman–Crippen LogP) is 0.764. The standard InChI is InChI=1S/C14H28N2O3/c1-4-16(5-2)13(17)10-12(3)15-11-14(18)6-8-19-9-7-14/h12,15,18H,4-11H2,1-3H3. The molecule has 19 heavy (non-hydrogen) atoms. The van der Waals surface area contributed by atoms with Gasteiger partial charge in [0.05, 0.1) is 5.60 Å². The Bertz CT molecular complexity index is 274. The van der Waals surface area contributed by atoms with Crippen molar-refractivity contribution in [3.8, 4) is 0 Å². The summed E-state index contributed by atoms with van der Waals surface area (Å²) >= 11 is 0. The molecule has 1 aliphatic rings. The number of carbonyl (C=O) groups is 1. The highest BCUT2D eigenvalue weighted by Gasteiger charge is 2.30. The van der Waals surface area contributed by atoms with E-state index < -0.39 is 5.60 Å². The molecule has 1 unspecified atom stereocenters. The number of amides is 1. The lowest BCUT2D eigenvalue weighted by atomic mass is 9.94. The lowest BCUT2D eigenvalue weighted by molar-refractivity contribution is -0.131. The van der Waals surface area contributed by atoms with E-state index in [2.05, 4.69) is 5.32 Å². The molecule has 1 atom stereocenters. The summed E-state index contributed by atoms with van der Waals surface area (Å²) in [5.74, 6) is 0.170. The molecule has 0 aromatic heterocycles. The first kappa shape index (κ1) is 16.4. The third-order valence-corrected chi connectivity index (χ3v) is 3.80. The fourth-order valence-electron chi connectivity index (χ4n) is 2.33. The van der Waals surface area contributed by atoms with Gasteiger partial charge in [0.15, 0.2) is 0 Å². The molecular formula is C14H28N2O3. The fraction of sp³-hybridized carbons (Fsp3) is 0.929. The van der Waals surface area contributed by atoms with E-state index in [1.54, 1.807) is 0 Å². The first-order chi connectivity index (χ1) is 9.00. The van der Waals surface area contributed by atoms with Gasteiger partial charge in [0.2, 0.25) is 5.91 Å². The van der Waals surface area contributed by atoms with Crippen LogP contribution in [0.15, 0.2) is 0 Å². The Morgan fingerprint density at radius 1 is 1.37 bits per heavy atom. The van der Waals surface area contributed by atoms with Crippen LogP contribution < -0.4 is 5.32 Å². The summed E-state index contributed by atoms with van der Waals surface area (Å²) in [6.45, 7) is 9.24. The fourth-order valence-corrected chi connectivity index (χ4v) is 2.33. The van der Waals surface area contributed by atoms with Crippen molar-refractivity contribution in [2.24, 2.45) is 0 Å². The maximum absolute atomic E-state index is 12.0. The van der Waals surface area contributed by atoms with Crippen LogP contribution in [-0.4, -0.2) is 60.4 Å². The van der Waals surface area contributed by atoms with Crippen LogP contribution in [-0.2, 0) is 9.53 Å². The Morgan fingerprint density at radius 2 is 1.95 bits per heavy atom. The molecule has 2 N–H and O–H groups in total. The van der Waals surface area contributed by atoms with Crippen LogP contribution in [0.2, 0.25) is 0 Å². The summed E-state index contributed by atoms with van der Waals surface area (Å²) < 4.78 is 5.25. The normalized spacial score (nSPS) is 20.0. The molecule has 5 nitrogen and oxygen atoms in total.